The van der Waals surface area contributed by atoms with Gasteiger partial charge in [0.1, 0.15) is 11.7 Å². The Kier molecular flexibility index (Phi) is 7.26. The van der Waals surface area contributed by atoms with Crippen LogP contribution in [0.1, 0.15) is 63.8 Å². The quantitative estimate of drug-likeness (QED) is 0.237. The SMILES string of the molecule is CC(C)(C)c1ccc(-c2cc3c(cc2-c2ccc(C(C)(C)C)cc2)C(Nc2ccccn2)=NC3=Nc2ccccn2)cc1. The number of hydrogen-bond acceptors (Lipinski definition) is 4. The molecule has 5 heteroatoms. The van der Waals surface area contributed by atoms with E-state index in [9.17, 15) is 0 Å². The standard InChI is InChI=1S/C38H37N5/c1-37(2,3)27-17-13-25(14-18-27)29-23-31-32(24-30(29)26-15-19-28(20-16-26)38(4,5)6)36(42-34-12-8-10-22-40-34)43-35(31)41-33-11-7-9-21-39-33/h7-24H,1-6H3,(H,39,40,41,42,43). The summed E-state index contributed by atoms with van der Waals surface area (Å²) < 4.78 is 0. The van der Waals surface area contributed by atoms with Gasteiger partial charge in [-0.3, -0.25) is 0 Å². The second kappa shape index (κ2) is 11.1. The first-order valence-corrected chi connectivity index (χ1v) is 14.7. The molecular formula is C38H37N5. The molecule has 1 aliphatic heterocycles. The lowest BCUT2D eigenvalue weighted by molar-refractivity contribution is 0.590. The van der Waals surface area contributed by atoms with Gasteiger partial charge >= 0.3 is 0 Å². The summed E-state index contributed by atoms with van der Waals surface area (Å²) >= 11 is 0. The normalized spacial score (nSPS) is 14.0. The summed E-state index contributed by atoms with van der Waals surface area (Å²) in [5.41, 5.74) is 9.25. The lowest BCUT2D eigenvalue weighted by Gasteiger charge is -2.21. The Morgan fingerprint density at radius 3 is 1.58 bits per heavy atom. The Balaban J connectivity index is 1.55. The molecule has 0 spiro atoms. The highest BCUT2D eigenvalue weighted by atomic mass is 15.1. The van der Waals surface area contributed by atoms with E-state index in [1.807, 2.05) is 36.4 Å². The van der Waals surface area contributed by atoms with Crippen LogP contribution in [-0.4, -0.2) is 21.6 Å². The van der Waals surface area contributed by atoms with Crippen LogP contribution in [0.4, 0.5) is 11.6 Å². The number of anilines is 1. The monoisotopic (exact) mass is 563 g/mol. The van der Waals surface area contributed by atoms with E-state index in [1.54, 1.807) is 12.4 Å². The van der Waals surface area contributed by atoms with E-state index in [0.29, 0.717) is 17.5 Å². The van der Waals surface area contributed by atoms with Gasteiger partial charge in [-0.25, -0.2) is 20.0 Å². The van der Waals surface area contributed by atoms with Crippen LogP contribution in [0.2, 0.25) is 0 Å². The van der Waals surface area contributed by atoms with Crippen LogP contribution < -0.4 is 5.32 Å². The fourth-order valence-electron chi connectivity index (χ4n) is 5.25. The molecule has 2 aromatic heterocycles. The highest BCUT2D eigenvalue weighted by molar-refractivity contribution is 6.27. The summed E-state index contributed by atoms with van der Waals surface area (Å²) in [6, 6.07) is 33.9. The lowest BCUT2D eigenvalue weighted by Crippen LogP contribution is -2.13. The van der Waals surface area contributed by atoms with E-state index in [0.717, 1.165) is 39.2 Å². The number of hydrogen-bond donors (Lipinski definition) is 1. The predicted molar refractivity (Wildman–Crippen MR) is 180 cm³/mol. The second-order valence-corrected chi connectivity index (χ2v) is 13.0. The van der Waals surface area contributed by atoms with Gasteiger partial charge < -0.3 is 5.32 Å². The first-order chi connectivity index (χ1) is 20.6. The van der Waals surface area contributed by atoms with Gasteiger partial charge in [-0.05, 0) is 80.6 Å². The molecule has 6 rings (SSSR count). The lowest BCUT2D eigenvalue weighted by atomic mass is 9.83. The van der Waals surface area contributed by atoms with E-state index in [-0.39, 0.29) is 10.8 Å². The fraction of sp³-hybridized carbons (Fsp3) is 0.211. The molecule has 43 heavy (non-hydrogen) atoms. The van der Waals surface area contributed by atoms with Gasteiger partial charge in [-0.15, -0.1) is 0 Å². The molecule has 0 aliphatic carbocycles. The van der Waals surface area contributed by atoms with E-state index in [1.165, 1.54) is 11.1 Å². The number of amidine groups is 2. The van der Waals surface area contributed by atoms with Crippen molar-refractivity contribution < 1.29 is 0 Å². The number of benzene rings is 3. The third-order valence-electron chi connectivity index (χ3n) is 7.78. The molecular weight excluding hydrogens is 526 g/mol. The van der Waals surface area contributed by atoms with Crippen molar-refractivity contribution >= 4 is 23.3 Å². The Bertz CT molecular complexity index is 1810. The van der Waals surface area contributed by atoms with Crippen LogP contribution in [0.5, 0.6) is 0 Å². The van der Waals surface area contributed by atoms with Crippen LogP contribution >= 0.6 is 0 Å². The minimum atomic E-state index is 0.0739. The highest BCUT2D eigenvalue weighted by Gasteiger charge is 2.26. The molecule has 0 bridgehead atoms. The Hall–Kier alpha value is -4.90. The third-order valence-corrected chi connectivity index (χ3v) is 7.78. The van der Waals surface area contributed by atoms with Crippen LogP contribution in [0.3, 0.4) is 0 Å². The second-order valence-electron chi connectivity index (χ2n) is 13.0. The van der Waals surface area contributed by atoms with E-state index in [4.69, 9.17) is 9.98 Å². The maximum absolute atomic E-state index is 4.98. The van der Waals surface area contributed by atoms with Gasteiger partial charge in [0.15, 0.2) is 11.7 Å². The number of nitrogens with zero attached hydrogens (tertiary/aromatic N) is 4. The molecule has 0 saturated heterocycles. The summed E-state index contributed by atoms with van der Waals surface area (Å²) in [7, 11) is 0. The van der Waals surface area contributed by atoms with Crippen LogP contribution in [-0.2, 0) is 10.8 Å². The van der Waals surface area contributed by atoms with Crippen LogP contribution in [0.25, 0.3) is 22.3 Å². The molecule has 0 amide bonds. The summed E-state index contributed by atoms with van der Waals surface area (Å²) in [4.78, 5) is 18.8. The number of nitrogens with one attached hydrogen (secondary N) is 1. The summed E-state index contributed by atoms with van der Waals surface area (Å²) in [6.07, 6.45) is 3.52. The van der Waals surface area contributed by atoms with Crippen molar-refractivity contribution in [2.45, 2.75) is 52.4 Å². The molecule has 1 aliphatic rings. The number of pyridine rings is 2. The minimum absolute atomic E-state index is 0.0739. The predicted octanol–water partition coefficient (Wildman–Crippen LogP) is 9.36. The first kappa shape index (κ1) is 28.2. The molecule has 214 valence electrons. The van der Waals surface area contributed by atoms with Gasteiger partial charge in [0, 0.05) is 23.5 Å². The molecule has 0 fully saturated rings. The molecule has 5 nitrogen and oxygen atoms in total. The van der Waals surface area contributed by atoms with Crippen molar-refractivity contribution in [1.29, 1.82) is 0 Å². The van der Waals surface area contributed by atoms with E-state index >= 15 is 0 Å². The summed E-state index contributed by atoms with van der Waals surface area (Å²) in [6.45, 7) is 13.5. The van der Waals surface area contributed by atoms with Gasteiger partial charge in [0.2, 0.25) is 0 Å². The highest BCUT2D eigenvalue weighted by Crippen LogP contribution is 2.39. The van der Waals surface area contributed by atoms with E-state index < -0.39 is 0 Å². The van der Waals surface area contributed by atoms with Gasteiger partial charge in [-0.1, -0.05) is 102 Å². The van der Waals surface area contributed by atoms with Crippen LogP contribution in [0.15, 0.2) is 119 Å². The zero-order valence-corrected chi connectivity index (χ0v) is 25.7. The fourth-order valence-corrected chi connectivity index (χ4v) is 5.25. The van der Waals surface area contributed by atoms with Gasteiger partial charge in [0.25, 0.3) is 0 Å². The zero-order chi connectivity index (χ0) is 30.2. The minimum Gasteiger partial charge on any atom is -0.324 e. The molecule has 0 saturated carbocycles. The van der Waals surface area contributed by atoms with E-state index in [2.05, 4.69) is 117 Å². The number of rotatable bonds is 4. The molecule has 0 radical (unpaired) electrons. The average Bonchev–Trinajstić information content (AvgIpc) is 3.32. The van der Waals surface area contributed by atoms with Gasteiger partial charge in [-0.2, -0.15) is 0 Å². The van der Waals surface area contributed by atoms with Gasteiger partial charge in [0.05, 0.1) is 0 Å². The Morgan fingerprint density at radius 1 is 0.558 bits per heavy atom. The number of aliphatic imine (C=N–C) groups is 2. The summed E-state index contributed by atoms with van der Waals surface area (Å²) in [5.74, 6) is 2.67. The molecule has 1 N–H and O–H groups in total. The number of aromatic nitrogens is 2. The van der Waals surface area contributed by atoms with Crippen molar-refractivity contribution in [3.63, 3.8) is 0 Å². The largest absolute Gasteiger partial charge is 0.324 e. The Labute approximate surface area is 254 Å². The zero-order valence-electron chi connectivity index (χ0n) is 25.7. The topological polar surface area (TPSA) is 62.5 Å². The molecule has 0 atom stereocenters. The Morgan fingerprint density at radius 2 is 1.09 bits per heavy atom. The number of fused-ring (bicyclic) bond motifs is 1. The molecule has 3 heterocycles. The van der Waals surface area contributed by atoms with Crippen LogP contribution in [0, 0.1) is 0 Å². The molecule has 3 aromatic carbocycles. The van der Waals surface area contributed by atoms with Crippen molar-refractivity contribution in [1.82, 2.24) is 9.97 Å². The van der Waals surface area contributed by atoms with Crippen molar-refractivity contribution in [2.75, 3.05) is 5.32 Å². The summed E-state index contributed by atoms with van der Waals surface area (Å²) in [5, 5.41) is 3.44. The average molecular weight is 564 g/mol. The van der Waals surface area contributed by atoms with Crippen molar-refractivity contribution in [2.24, 2.45) is 9.98 Å². The first-order valence-electron chi connectivity index (χ1n) is 14.7. The third kappa shape index (κ3) is 6.02. The smallest absolute Gasteiger partial charge is 0.164 e. The maximum atomic E-state index is 4.98. The van der Waals surface area contributed by atoms with Crippen molar-refractivity contribution in [3.8, 4) is 22.3 Å². The molecule has 5 aromatic rings. The van der Waals surface area contributed by atoms with Crippen molar-refractivity contribution in [3.05, 3.63) is 132 Å². The maximum Gasteiger partial charge on any atom is 0.164 e. The molecule has 0 unspecified atom stereocenters.